The number of hydrogen-bond acceptors (Lipinski definition) is 7. The molecule has 240 valence electrons. The maximum atomic E-state index is 13.1. The number of halogens is 6. The van der Waals surface area contributed by atoms with Gasteiger partial charge in [0.05, 0.1) is 5.60 Å². The molecule has 1 aromatic heterocycles. The number of piperidine rings is 1. The summed E-state index contributed by atoms with van der Waals surface area (Å²) in [5.41, 5.74) is 2.33. The molecular weight excluding hydrogens is 608 g/mol. The minimum atomic E-state index is -5.08. The first kappa shape index (κ1) is 36.0. The summed E-state index contributed by atoms with van der Waals surface area (Å²) in [6.45, 7) is 5.24. The molecule has 3 heterocycles. The van der Waals surface area contributed by atoms with E-state index in [1.807, 2.05) is 25.2 Å². The van der Waals surface area contributed by atoms with Gasteiger partial charge in [0, 0.05) is 46.3 Å². The van der Waals surface area contributed by atoms with Gasteiger partial charge in [-0.05, 0) is 47.8 Å². The van der Waals surface area contributed by atoms with E-state index in [9.17, 15) is 31.1 Å². The number of aliphatic carboxylic acids is 2. The van der Waals surface area contributed by atoms with Crippen LogP contribution in [-0.2, 0) is 32.2 Å². The Balaban J connectivity index is 0.000000384. The van der Waals surface area contributed by atoms with Crippen LogP contribution in [0.2, 0.25) is 0 Å². The zero-order valence-electron chi connectivity index (χ0n) is 23.4. The molecule has 1 aromatic carbocycles. The number of carbonyl (C=O) groups excluding carboxylic acids is 1. The maximum Gasteiger partial charge on any atom is 0.490 e. The third-order valence-corrected chi connectivity index (χ3v) is 7.31. The molecule has 2 aromatic rings. The number of amides is 1. The normalized spacial score (nSPS) is 18.9. The second-order valence-corrected chi connectivity index (χ2v) is 11.0. The first-order valence-corrected chi connectivity index (χ1v) is 13.8. The minimum Gasteiger partial charge on any atom is -0.475 e. The molecule has 16 heteroatoms. The van der Waals surface area contributed by atoms with Crippen molar-refractivity contribution in [2.24, 2.45) is 0 Å². The van der Waals surface area contributed by atoms with Crippen LogP contribution >= 0.6 is 11.3 Å². The lowest BCUT2D eigenvalue weighted by molar-refractivity contribution is -0.193. The van der Waals surface area contributed by atoms with Crippen molar-refractivity contribution < 1.29 is 55.7 Å². The molecule has 9 nitrogen and oxygen atoms in total. The van der Waals surface area contributed by atoms with Crippen molar-refractivity contribution in [3.63, 3.8) is 0 Å². The molecule has 1 spiro atoms. The van der Waals surface area contributed by atoms with Crippen molar-refractivity contribution in [1.29, 1.82) is 0 Å². The summed E-state index contributed by atoms with van der Waals surface area (Å²) in [7, 11) is 3.99. The number of rotatable bonds is 5. The van der Waals surface area contributed by atoms with E-state index < -0.39 is 24.3 Å². The largest absolute Gasteiger partial charge is 0.490 e. The highest BCUT2D eigenvalue weighted by Gasteiger charge is 2.44. The molecule has 43 heavy (non-hydrogen) atoms. The maximum absolute atomic E-state index is 13.1. The SMILES string of the molecule is CN1CC(C(=O)N(C)Cc2ccccc2)OC2(CCN(Cc3ccsc3)CC2)C1.O=C(O)C(F)(F)F.O=C(O)C(F)(F)F. The number of thiophene rings is 1. The van der Waals surface area contributed by atoms with Gasteiger partial charge in [0.15, 0.2) is 0 Å². The average molecular weight is 642 g/mol. The van der Waals surface area contributed by atoms with Gasteiger partial charge in [-0.3, -0.25) is 9.69 Å². The first-order chi connectivity index (χ1) is 19.9. The number of morpholine rings is 1. The van der Waals surface area contributed by atoms with Crippen molar-refractivity contribution in [3.8, 4) is 0 Å². The fourth-order valence-electron chi connectivity index (χ4n) is 4.56. The number of ether oxygens (including phenoxy) is 1. The van der Waals surface area contributed by atoms with Gasteiger partial charge >= 0.3 is 24.3 Å². The van der Waals surface area contributed by atoms with Crippen LogP contribution in [0.3, 0.4) is 0 Å². The van der Waals surface area contributed by atoms with E-state index in [-0.39, 0.29) is 17.6 Å². The number of hydrogen-bond donors (Lipinski definition) is 2. The molecule has 2 fully saturated rings. The van der Waals surface area contributed by atoms with Crippen molar-refractivity contribution in [2.45, 2.75) is 50.0 Å². The highest BCUT2D eigenvalue weighted by molar-refractivity contribution is 7.07. The molecule has 2 aliphatic rings. The quantitative estimate of drug-likeness (QED) is 0.465. The summed E-state index contributed by atoms with van der Waals surface area (Å²) in [6.07, 6.45) is -8.59. The Hall–Kier alpha value is -3.21. The Morgan fingerprint density at radius 3 is 1.98 bits per heavy atom. The molecule has 0 radical (unpaired) electrons. The van der Waals surface area contributed by atoms with E-state index in [0.717, 1.165) is 44.6 Å². The van der Waals surface area contributed by atoms with E-state index in [4.69, 9.17) is 24.5 Å². The number of carboxylic acids is 2. The molecule has 2 aliphatic heterocycles. The number of carbonyl (C=O) groups is 3. The molecule has 4 rings (SSSR count). The van der Waals surface area contributed by atoms with Crippen molar-refractivity contribution in [2.75, 3.05) is 40.3 Å². The zero-order chi connectivity index (χ0) is 32.4. The van der Waals surface area contributed by atoms with Crippen LogP contribution in [0.5, 0.6) is 0 Å². The van der Waals surface area contributed by atoms with Crippen LogP contribution in [-0.4, -0.2) is 107 Å². The number of benzene rings is 1. The lowest BCUT2D eigenvalue weighted by Crippen LogP contribution is -2.61. The first-order valence-electron chi connectivity index (χ1n) is 12.9. The number of alkyl halides is 6. The molecule has 1 unspecified atom stereocenters. The topological polar surface area (TPSA) is 111 Å². The Bertz CT molecular complexity index is 1150. The Morgan fingerprint density at radius 2 is 1.51 bits per heavy atom. The predicted molar refractivity (Wildman–Crippen MR) is 144 cm³/mol. The Kier molecular flexibility index (Phi) is 13.0. The second-order valence-electron chi connectivity index (χ2n) is 10.2. The smallest absolute Gasteiger partial charge is 0.475 e. The van der Waals surface area contributed by atoms with Crippen LogP contribution in [0.4, 0.5) is 26.3 Å². The molecule has 0 bridgehead atoms. The van der Waals surface area contributed by atoms with Crippen LogP contribution < -0.4 is 0 Å². The van der Waals surface area contributed by atoms with E-state index in [1.54, 1.807) is 16.2 Å². The Morgan fingerprint density at radius 1 is 0.977 bits per heavy atom. The average Bonchev–Trinajstić information content (AvgIpc) is 3.43. The minimum absolute atomic E-state index is 0.0838. The molecule has 0 aliphatic carbocycles. The van der Waals surface area contributed by atoms with Gasteiger partial charge in [-0.25, -0.2) is 9.59 Å². The highest BCUT2D eigenvalue weighted by Crippen LogP contribution is 2.33. The monoisotopic (exact) mass is 641 g/mol. The number of carboxylic acid groups (broad SMARTS) is 2. The molecule has 1 amide bonds. The fourth-order valence-corrected chi connectivity index (χ4v) is 5.22. The summed E-state index contributed by atoms with van der Waals surface area (Å²) in [5.74, 6) is -5.43. The van der Waals surface area contributed by atoms with E-state index >= 15 is 0 Å². The van der Waals surface area contributed by atoms with Gasteiger partial charge in [0.1, 0.15) is 6.10 Å². The molecule has 2 N–H and O–H groups in total. The van der Waals surface area contributed by atoms with Crippen LogP contribution in [0.1, 0.15) is 24.0 Å². The van der Waals surface area contributed by atoms with Crippen molar-refractivity contribution in [1.82, 2.24) is 14.7 Å². The van der Waals surface area contributed by atoms with Gasteiger partial charge < -0.3 is 24.7 Å². The Labute approximate surface area is 248 Å². The van der Waals surface area contributed by atoms with Crippen LogP contribution in [0.15, 0.2) is 47.2 Å². The van der Waals surface area contributed by atoms with Crippen molar-refractivity contribution in [3.05, 3.63) is 58.3 Å². The highest BCUT2D eigenvalue weighted by atomic mass is 32.1. The number of nitrogens with zero attached hydrogens (tertiary/aromatic N) is 3. The number of likely N-dealkylation sites (tertiary alicyclic amines) is 1. The van der Waals surface area contributed by atoms with E-state index in [1.165, 1.54) is 5.56 Å². The van der Waals surface area contributed by atoms with E-state index in [2.05, 4.69) is 45.8 Å². The van der Waals surface area contributed by atoms with E-state index in [0.29, 0.717) is 13.1 Å². The third kappa shape index (κ3) is 12.1. The summed E-state index contributed by atoms with van der Waals surface area (Å²) in [6, 6.07) is 12.3. The van der Waals surface area contributed by atoms with Gasteiger partial charge in [0.25, 0.3) is 5.91 Å². The molecule has 2 saturated heterocycles. The standard InChI is InChI=1S/C23H31N3O2S.2C2HF3O2/c1-24-16-21(22(27)25(2)14-19-6-4-3-5-7-19)28-23(18-24)9-11-26(12-10-23)15-20-8-13-29-17-20;2*3-2(4,5)1(6)7/h3-8,13,17,21H,9-12,14-16,18H2,1-2H3;2*(H,6,7). The lowest BCUT2D eigenvalue weighted by Gasteiger charge is -2.49. The lowest BCUT2D eigenvalue weighted by atomic mass is 9.88. The zero-order valence-corrected chi connectivity index (χ0v) is 24.2. The van der Waals surface area contributed by atoms with Crippen LogP contribution in [0, 0.1) is 0 Å². The van der Waals surface area contributed by atoms with Gasteiger partial charge in [-0.1, -0.05) is 30.3 Å². The van der Waals surface area contributed by atoms with Gasteiger partial charge in [-0.15, -0.1) is 0 Å². The predicted octanol–water partition coefficient (Wildman–Crippen LogP) is 4.34. The molecule has 0 saturated carbocycles. The number of likely N-dealkylation sites (N-methyl/N-ethyl adjacent to an activating group) is 2. The third-order valence-electron chi connectivity index (χ3n) is 6.58. The van der Waals surface area contributed by atoms with Crippen molar-refractivity contribution >= 4 is 29.2 Å². The van der Waals surface area contributed by atoms with Gasteiger partial charge in [-0.2, -0.15) is 37.7 Å². The van der Waals surface area contributed by atoms with Crippen LogP contribution in [0.25, 0.3) is 0 Å². The molecule has 1 atom stereocenters. The fraction of sp³-hybridized carbons (Fsp3) is 0.519. The summed E-state index contributed by atoms with van der Waals surface area (Å²) >= 11 is 1.76. The van der Waals surface area contributed by atoms with Gasteiger partial charge in [0.2, 0.25) is 0 Å². The molecular formula is C27H33F6N3O6S. The summed E-state index contributed by atoms with van der Waals surface area (Å²) in [4.78, 5) is 37.5. The second kappa shape index (κ2) is 15.5. The summed E-state index contributed by atoms with van der Waals surface area (Å²) < 4.78 is 70.0. The summed E-state index contributed by atoms with van der Waals surface area (Å²) in [5, 5.41) is 18.6.